The average molecular weight is 387 g/mol. The van der Waals surface area contributed by atoms with E-state index in [2.05, 4.69) is 14.9 Å². The van der Waals surface area contributed by atoms with Crippen molar-refractivity contribution in [2.75, 3.05) is 44.2 Å². The lowest BCUT2D eigenvalue weighted by atomic mass is 10.1. The third kappa shape index (κ3) is 3.10. The number of hydrogen-bond donors (Lipinski definition) is 1. The number of fused-ring (bicyclic) bond motifs is 1. The van der Waals surface area contributed by atoms with E-state index in [9.17, 15) is 18.8 Å². The zero-order valence-corrected chi connectivity index (χ0v) is 15.7. The molecule has 1 N–H and O–H groups in total. The summed E-state index contributed by atoms with van der Waals surface area (Å²) in [6, 6.07) is 0. The first kappa shape index (κ1) is 18.4. The quantitative estimate of drug-likeness (QED) is 0.631. The minimum absolute atomic E-state index is 0.0225. The van der Waals surface area contributed by atoms with Crippen LogP contribution in [0.5, 0.6) is 0 Å². The molecule has 0 bridgehead atoms. The molecule has 0 spiro atoms. The minimum Gasteiger partial charge on any atom is -0.357 e. The molecule has 8 nitrogen and oxygen atoms in total. The number of pyridine rings is 1. The van der Waals surface area contributed by atoms with Crippen molar-refractivity contribution in [3.05, 3.63) is 23.8 Å². The summed E-state index contributed by atoms with van der Waals surface area (Å²) in [5.41, 5.74) is 0.466. The number of aromatic amines is 1. The Bertz CT molecular complexity index is 942. The number of nitrogens with one attached hydrogen (secondary N) is 1. The number of halogens is 1. The zero-order chi connectivity index (χ0) is 19.8. The Labute approximate surface area is 161 Å². The van der Waals surface area contributed by atoms with E-state index in [0.29, 0.717) is 24.4 Å². The van der Waals surface area contributed by atoms with Gasteiger partial charge in [0.15, 0.2) is 11.6 Å². The highest BCUT2D eigenvalue weighted by molar-refractivity contribution is 6.45. The van der Waals surface area contributed by atoms with Gasteiger partial charge in [-0.3, -0.25) is 14.4 Å². The maximum absolute atomic E-state index is 14.5. The molecule has 0 radical (unpaired) electrons. The van der Waals surface area contributed by atoms with Gasteiger partial charge < -0.3 is 19.7 Å². The molecular formula is C19H22FN5O3. The van der Waals surface area contributed by atoms with Gasteiger partial charge >= 0.3 is 0 Å². The van der Waals surface area contributed by atoms with Crippen LogP contribution in [0.2, 0.25) is 0 Å². The van der Waals surface area contributed by atoms with Crippen molar-refractivity contribution < 1.29 is 18.8 Å². The maximum atomic E-state index is 14.5. The van der Waals surface area contributed by atoms with Crippen molar-refractivity contribution in [1.82, 2.24) is 19.8 Å². The summed E-state index contributed by atoms with van der Waals surface area (Å²) in [6.07, 6.45) is 4.58. The lowest BCUT2D eigenvalue weighted by Gasteiger charge is -2.33. The predicted molar refractivity (Wildman–Crippen MR) is 101 cm³/mol. The Morgan fingerprint density at radius 2 is 1.68 bits per heavy atom. The van der Waals surface area contributed by atoms with Crippen molar-refractivity contribution >= 4 is 34.3 Å². The van der Waals surface area contributed by atoms with Gasteiger partial charge in [0, 0.05) is 52.4 Å². The maximum Gasteiger partial charge on any atom is 0.295 e. The molecule has 9 heteroatoms. The third-order valence-corrected chi connectivity index (χ3v) is 5.50. The molecule has 0 atom stereocenters. The molecule has 148 valence electrons. The van der Waals surface area contributed by atoms with Crippen LogP contribution in [0.15, 0.2) is 12.4 Å². The van der Waals surface area contributed by atoms with Crippen LogP contribution in [0.3, 0.4) is 0 Å². The van der Waals surface area contributed by atoms with E-state index in [-0.39, 0.29) is 29.9 Å². The molecule has 4 rings (SSSR count). The van der Waals surface area contributed by atoms with Crippen LogP contribution in [-0.2, 0) is 9.59 Å². The fraction of sp³-hybridized carbons (Fsp3) is 0.474. The van der Waals surface area contributed by atoms with E-state index in [1.807, 2.05) is 0 Å². The second kappa shape index (κ2) is 7.21. The van der Waals surface area contributed by atoms with Gasteiger partial charge in [-0.1, -0.05) is 0 Å². The number of ketones is 1. The van der Waals surface area contributed by atoms with Gasteiger partial charge in [0.2, 0.25) is 5.91 Å². The van der Waals surface area contributed by atoms with E-state index < -0.39 is 17.5 Å². The molecule has 2 aromatic rings. The van der Waals surface area contributed by atoms with Crippen molar-refractivity contribution in [2.45, 2.75) is 19.8 Å². The Balaban J connectivity index is 1.60. The van der Waals surface area contributed by atoms with E-state index in [1.54, 1.807) is 4.90 Å². The number of Topliss-reactive ketones (excluding diaryl/α,β-unsaturated/α-hetero) is 1. The number of nitrogens with zero attached hydrogens (tertiary/aromatic N) is 4. The summed E-state index contributed by atoms with van der Waals surface area (Å²) >= 11 is 0. The van der Waals surface area contributed by atoms with Crippen LogP contribution >= 0.6 is 0 Å². The Kier molecular flexibility index (Phi) is 4.74. The number of anilines is 1. The molecule has 2 aliphatic heterocycles. The van der Waals surface area contributed by atoms with Gasteiger partial charge in [-0.25, -0.2) is 9.37 Å². The molecule has 2 aliphatic rings. The Morgan fingerprint density at radius 3 is 2.32 bits per heavy atom. The summed E-state index contributed by atoms with van der Waals surface area (Å²) in [5.74, 6) is -1.51. The average Bonchev–Trinajstić information content (AvgIpc) is 3.38. The highest BCUT2D eigenvalue weighted by atomic mass is 19.1. The van der Waals surface area contributed by atoms with Gasteiger partial charge in [-0.15, -0.1) is 0 Å². The van der Waals surface area contributed by atoms with Crippen molar-refractivity contribution in [3.63, 3.8) is 0 Å². The van der Waals surface area contributed by atoms with Crippen LogP contribution in [-0.4, -0.2) is 76.6 Å². The normalized spacial score (nSPS) is 17.4. The standard InChI is InChI=1S/C19H22FN5O3/c1-12(26)23-6-8-25(9-7-23)19(28)17(27)13-10-21-16-15(13)14(20)11-22-18(16)24-4-2-3-5-24/h10-11,21H,2-9H2,1H3. The molecule has 0 aromatic carbocycles. The SMILES string of the molecule is CC(=O)N1CCN(C(=O)C(=O)c2c[nH]c3c(N4CCCC4)ncc(F)c23)CC1. The van der Waals surface area contributed by atoms with E-state index in [0.717, 1.165) is 32.1 Å². The summed E-state index contributed by atoms with van der Waals surface area (Å²) in [6.45, 7) is 4.48. The van der Waals surface area contributed by atoms with Gasteiger partial charge in [-0.05, 0) is 12.8 Å². The largest absolute Gasteiger partial charge is 0.357 e. The third-order valence-electron chi connectivity index (χ3n) is 5.50. The van der Waals surface area contributed by atoms with Crippen molar-refractivity contribution in [2.24, 2.45) is 0 Å². The first-order valence-corrected chi connectivity index (χ1v) is 9.47. The number of carbonyl (C=O) groups is 3. The number of piperazine rings is 1. The lowest BCUT2D eigenvalue weighted by Crippen LogP contribution is -2.51. The van der Waals surface area contributed by atoms with Crippen molar-refractivity contribution in [1.29, 1.82) is 0 Å². The summed E-state index contributed by atoms with van der Waals surface area (Å²) in [5, 5.41) is 0.109. The van der Waals surface area contributed by atoms with Crippen LogP contribution < -0.4 is 4.90 Å². The van der Waals surface area contributed by atoms with Gasteiger partial charge in [0.25, 0.3) is 11.7 Å². The zero-order valence-electron chi connectivity index (χ0n) is 15.7. The summed E-state index contributed by atoms with van der Waals surface area (Å²) in [4.78, 5) is 49.2. The topological polar surface area (TPSA) is 89.6 Å². The number of rotatable bonds is 3. The molecule has 2 aromatic heterocycles. The minimum atomic E-state index is -0.750. The van der Waals surface area contributed by atoms with Gasteiger partial charge in [-0.2, -0.15) is 0 Å². The molecule has 4 heterocycles. The van der Waals surface area contributed by atoms with Crippen LogP contribution in [0.25, 0.3) is 10.9 Å². The second-order valence-corrected chi connectivity index (χ2v) is 7.20. The molecule has 0 unspecified atom stereocenters. The number of aromatic nitrogens is 2. The number of H-pyrrole nitrogens is 1. The number of carbonyl (C=O) groups excluding carboxylic acids is 3. The van der Waals surface area contributed by atoms with E-state index in [1.165, 1.54) is 18.0 Å². The van der Waals surface area contributed by atoms with Gasteiger partial charge in [0.1, 0.15) is 0 Å². The van der Waals surface area contributed by atoms with E-state index >= 15 is 0 Å². The number of hydrogen-bond acceptors (Lipinski definition) is 5. The monoisotopic (exact) mass is 387 g/mol. The first-order chi connectivity index (χ1) is 13.5. The van der Waals surface area contributed by atoms with Crippen LogP contribution in [0.4, 0.5) is 10.2 Å². The first-order valence-electron chi connectivity index (χ1n) is 9.47. The highest BCUT2D eigenvalue weighted by Gasteiger charge is 2.31. The van der Waals surface area contributed by atoms with E-state index in [4.69, 9.17) is 0 Å². The molecule has 0 aliphatic carbocycles. The summed E-state index contributed by atoms with van der Waals surface area (Å²) < 4.78 is 14.5. The van der Waals surface area contributed by atoms with Crippen molar-refractivity contribution in [3.8, 4) is 0 Å². The molecule has 2 fully saturated rings. The fourth-order valence-electron chi connectivity index (χ4n) is 3.93. The predicted octanol–water partition coefficient (Wildman–Crippen LogP) is 1.18. The second-order valence-electron chi connectivity index (χ2n) is 7.20. The smallest absolute Gasteiger partial charge is 0.295 e. The molecule has 2 saturated heterocycles. The summed E-state index contributed by atoms with van der Waals surface area (Å²) in [7, 11) is 0. The highest BCUT2D eigenvalue weighted by Crippen LogP contribution is 2.31. The molecule has 2 amide bonds. The molecular weight excluding hydrogens is 365 g/mol. The fourth-order valence-corrected chi connectivity index (χ4v) is 3.93. The lowest BCUT2D eigenvalue weighted by molar-refractivity contribution is -0.135. The van der Waals surface area contributed by atoms with Crippen LogP contribution in [0.1, 0.15) is 30.1 Å². The van der Waals surface area contributed by atoms with Gasteiger partial charge in [0.05, 0.1) is 22.7 Å². The number of amides is 2. The van der Waals surface area contributed by atoms with Crippen LogP contribution in [0, 0.1) is 5.82 Å². The Morgan fingerprint density at radius 1 is 1.04 bits per heavy atom. The Hall–Kier alpha value is -2.97. The molecule has 0 saturated carbocycles. The molecule has 28 heavy (non-hydrogen) atoms.